The van der Waals surface area contributed by atoms with Gasteiger partial charge in [0.15, 0.2) is 0 Å². The molecule has 7 nitrogen and oxygen atoms in total. The van der Waals surface area contributed by atoms with Crippen molar-refractivity contribution in [2.45, 2.75) is 0 Å². The van der Waals surface area contributed by atoms with Gasteiger partial charge in [0, 0.05) is 6.54 Å². The number of aliphatic hydroxyl groups excluding tert-OH is 1. The van der Waals surface area contributed by atoms with Crippen LogP contribution in [0.3, 0.4) is 0 Å². The van der Waals surface area contributed by atoms with Crippen LogP contribution in [0.1, 0.15) is 0 Å². The van der Waals surface area contributed by atoms with Gasteiger partial charge in [-0.1, -0.05) is 0 Å². The molecular weight excluding hydrogens is 176 g/mol. The van der Waals surface area contributed by atoms with Gasteiger partial charge in [0.1, 0.15) is 12.4 Å². The van der Waals surface area contributed by atoms with Gasteiger partial charge in [0.2, 0.25) is 5.95 Å². The third-order valence-corrected chi connectivity index (χ3v) is 1.24. The van der Waals surface area contributed by atoms with E-state index in [4.69, 9.17) is 5.11 Å². The fourth-order valence-electron chi connectivity index (χ4n) is 0.674. The summed E-state index contributed by atoms with van der Waals surface area (Å²) in [6.45, 7) is 0.276. The molecule has 0 aliphatic carbocycles. The van der Waals surface area contributed by atoms with Crippen molar-refractivity contribution >= 4 is 11.6 Å². The smallest absolute Gasteiger partial charge is 0.305 e. The number of aromatic nitrogens is 2. The first-order valence-corrected chi connectivity index (χ1v) is 3.55. The van der Waals surface area contributed by atoms with Crippen LogP contribution in [0.25, 0.3) is 0 Å². The molecule has 0 aromatic carbocycles. The summed E-state index contributed by atoms with van der Waals surface area (Å²) in [5, 5.41) is 21.3. The van der Waals surface area contributed by atoms with Crippen molar-refractivity contribution in [2.75, 3.05) is 18.5 Å². The maximum atomic E-state index is 10.2. The molecule has 0 aliphatic heterocycles. The first-order valence-electron chi connectivity index (χ1n) is 3.55. The summed E-state index contributed by atoms with van der Waals surface area (Å²) in [5.41, 5.74) is -0.158. The number of hydrogen-bond acceptors (Lipinski definition) is 6. The molecule has 0 unspecified atom stereocenters. The SMILES string of the molecule is O=[N+]([O-])c1cnc(NCCO)nc1. The van der Waals surface area contributed by atoms with Gasteiger partial charge in [0.05, 0.1) is 11.5 Å². The second-order valence-electron chi connectivity index (χ2n) is 2.17. The summed E-state index contributed by atoms with van der Waals surface area (Å²) in [7, 11) is 0. The largest absolute Gasteiger partial charge is 0.395 e. The number of rotatable bonds is 4. The Morgan fingerprint density at radius 2 is 2.15 bits per heavy atom. The number of nitro groups is 1. The first kappa shape index (κ1) is 9.33. The maximum Gasteiger partial charge on any atom is 0.305 e. The van der Waals surface area contributed by atoms with E-state index < -0.39 is 4.92 Å². The van der Waals surface area contributed by atoms with E-state index >= 15 is 0 Å². The van der Waals surface area contributed by atoms with Crippen LogP contribution in [0, 0.1) is 10.1 Å². The standard InChI is InChI=1S/C6H8N4O3/c11-2-1-7-6-8-3-5(4-9-6)10(12)13/h3-4,11H,1-2H2,(H,7,8,9). The van der Waals surface area contributed by atoms with E-state index in [1.807, 2.05) is 0 Å². The second kappa shape index (κ2) is 4.31. The van der Waals surface area contributed by atoms with E-state index in [9.17, 15) is 10.1 Å². The van der Waals surface area contributed by atoms with Gasteiger partial charge in [0.25, 0.3) is 0 Å². The lowest BCUT2D eigenvalue weighted by Crippen LogP contribution is -2.08. The van der Waals surface area contributed by atoms with Crippen molar-refractivity contribution in [1.82, 2.24) is 9.97 Å². The van der Waals surface area contributed by atoms with Crippen LogP contribution in [0.15, 0.2) is 12.4 Å². The van der Waals surface area contributed by atoms with Gasteiger partial charge < -0.3 is 10.4 Å². The van der Waals surface area contributed by atoms with Crippen LogP contribution < -0.4 is 5.32 Å². The van der Waals surface area contributed by atoms with Crippen LogP contribution in [-0.4, -0.2) is 33.1 Å². The zero-order valence-corrected chi connectivity index (χ0v) is 6.67. The minimum absolute atomic E-state index is 0.0413. The Balaban J connectivity index is 2.64. The fraction of sp³-hybridized carbons (Fsp3) is 0.333. The molecule has 7 heteroatoms. The number of anilines is 1. The van der Waals surface area contributed by atoms with Crippen molar-refractivity contribution in [3.05, 3.63) is 22.5 Å². The molecule has 0 fully saturated rings. The summed E-state index contributed by atoms with van der Waals surface area (Å²) in [5.74, 6) is 0.264. The number of hydrogen-bond donors (Lipinski definition) is 2. The molecule has 0 spiro atoms. The first-order chi connectivity index (χ1) is 6.24. The minimum Gasteiger partial charge on any atom is -0.395 e. The molecule has 1 heterocycles. The van der Waals surface area contributed by atoms with Gasteiger partial charge in [-0.25, -0.2) is 9.97 Å². The maximum absolute atomic E-state index is 10.2. The average Bonchev–Trinajstić information content (AvgIpc) is 2.15. The van der Waals surface area contributed by atoms with Gasteiger partial charge >= 0.3 is 5.69 Å². The molecular formula is C6H8N4O3. The Labute approximate surface area is 73.6 Å². The molecule has 0 saturated heterocycles. The topological polar surface area (TPSA) is 101 Å². The molecule has 70 valence electrons. The Kier molecular flexibility index (Phi) is 3.09. The predicted molar refractivity (Wildman–Crippen MR) is 44.3 cm³/mol. The Morgan fingerprint density at radius 3 is 2.62 bits per heavy atom. The number of nitrogens with one attached hydrogen (secondary N) is 1. The van der Waals surface area contributed by atoms with Crippen LogP contribution in [0.4, 0.5) is 11.6 Å². The predicted octanol–water partition coefficient (Wildman–Crippen LogP) is -0.211. The monoisotopic (exact) mass is 184 g/mol. The Morgan fingerprint density at radius 1 is 1.54 bits per heavy atom. The Hall–Kier alpha value is -1.76. The highest BCUT2D eigenvalue weighted by atomic mass is 16.6. The average molecular weight is 184 g/mol. The zero-order chi connectivity index (χ0) is 9.68. The highest BCUT2D eigenvalue weighted by Gasteiger charge is 2.05. The van der Waals surface area contributed by atoms with Gasteiger partial charge in [-0.3, -0.25) is 10.1 Å². The molecule has 13 heavy (non-hydrogen) atoms. The van der Waals surface area contributed by atoms with Crippen molar-refractivity contribution in [2.24, 2.45) is 0 Å². The summed E-state index contributed by atoms with van der Waals surface area (Å²) >= 11 is 0. The minimum atomic E-state index is -0.574. The molecule has 0 aliphatic rings. The molecule has 0 amide bonds. The highest BCUT2D eigenvalue weighted by Crippen LogP contribution is 2.07. The normalized spacial score (nSPS) is 9.62. The molecule has 0 atom stereocenters. The molecule has 0 bridgehead atoms. The number of nitrogens with zero attached hydrogens (tertiary/aromatic N) is 3. The lowest BCUT2D eigenvalue weighted by atomic mass is 10.5. The third-order valence-electron chi connectivity index (χ3n) is 1.24. The third kappa shape index (κ3) is 2.64. The van der Waals surface area contributed by atoms with Gasteiger partial charge in [-0.05, 0) is 0 Å². The molecule has 0 saturated carbocycles. The molecule has 0 radical (unpaired) electrons. The van der Waals surface area contributed by atoms with E-state index in [1.165, 1.54) is 0 Å². The van der Waals surface area contributed by atoms with Crippen LogP contribution >= 0.6 is 0 Å². The van der Waals surface area contributed by atoms with Crippen molar-refractivity contribution in [3.8, 4) is 0 Å². The van der Waals surface area contributed by atoms with Crippen LogP contribution in [0.5, 0.6) is 0 Å². The summed E-state index contributed by atoms with van der Waals surface area (Å²) in [4.78, 5) is 16.9. The molecule has 1 rings (SSSR count). The van der Waals surface area contributed by atoms with Gasteiger partial charge in [-0.2, -0.15) is 0 Å². The summed E-state index contributed by atoms with van der Waals surface area (Å²) in [6, 6.07) is 0. The van der Waals surface area contributed by atoms with Crippen molar-refractivity contribution in [3.63, 3.8) is 0 Å². The summed E-state index contributed by atoms with van der Waals surface area (Å²) in [6.07, 6.45) is 2.21. The van der Waals surface area contributed by atoms with E-state index in [2.05, 4.69) is 15.3 Å². The molecule has 1 aromatic heterocycles. The lowest BCUT2D eigenvalue weighted by Gasteiger charge is -1.99. The van der Waals surface area contributed by atoms with Crippen molar-refractivity contribution < 1.29 is 10.0 Å². The van der Waals surface area contributed by atoms with Gasteiger partial charge in [-0.15, -0.1) is 0 Å². The molecule has 2 N–H and O–H groups in total. The zero-order valence-electron chi connectivity index (χ0n) is 6.67. The quantitative estimate of drug-likeness (QED) is 0.496. The van der Waals surface area contributed by atoms with E-state index in [0.717, 1.165) is 12.4 Å². The van der Waals surface area contributed by atoms with Crippen LogP contribution in [0.2, 0.25) is 0 Å². The lowest BCUT2D eigenvalue weighted by molar-refractivity contribution is -0.385. The summed E-state index contributed by atoms with van der Waals surface area (Å²) < 4.78 is 0. The van der Waals surface area contributed by atoms with E-state index in [0.29, 0.717) is 6.54 Å². The van der Waals surface area contributed by atoms with Crippen LogP contribution in [-0.2, 0) is 0 Å². The number of aliphatic hydroxyl groups is 1. The highest BCUT2D eigenvalue weighted by molar-refractivity contribution is 5.30. The second-order valence-corrected chi connectivity index (χ2v) is 2.17. The fourth-order valence-corrected chi connectivity index (χ4v) is 0.674. The van der Waals surface area contributed by atoms with Crippen molar-refractivity contribution in [1.29, 1.82) is 0 Å². The Bertz CT molecular complexity index is 286. The van der Waals surface area contributed by atoms with E-state index in [1.54, 1.807) is 0 Å². The molecule has 1 aromatic rings. The van der Waals surface area contributed by atoms with E-state index in [-0.39, 0.29) is 18.2 Å².